The van der Waals surface area contributed by atoms with Crippen molar-refractivity contribution in [2.45, 2.75) is 32.2 Å². The number of carboxylic acid groups (broad SMARTS) is 1. The van der Waals surface area contributed by atoms with E-state index in [1.54, 1.807) is 0 Å². The van der Waals surface area contributed by atoms with Gasteiger partial charge in [0.2, 0.25) is 5.91 Å². The molecule has 0 unspecified atom stereocenters. The van der Waals surface area contributed by atoms with E-state index in [1.165, 1.54) is 0 Å². The molecule has 4 nitrogen and oxygen atoms in total. The lowest BCUT2D eigenvalue weighted by atomic mass is 10.2. The van der Waals surface area contributed by atoms with Gasteiger partial charge >= 0.3 is 5.97 Å². The first kappa shape index (κ1) is 14.7. The summed E-state index contributed by atoms with van der Waals surface area (Å²) in [5.41, 5.74) is 1.03. The van der Waals surface area contributed by atoms with Crippen LogP contribution in [-0.4, -0.2) is 17.0 Å². The molecule has 1 rings (SSSR count). The molecule has 2 N–H and O–H groups in total. The van der Waals surface area contributed by atoms with Crippen molar-refractivity contribution in [3.05, 3.63) is 34.3 Å². The highest BCUT2D eigenvalue weighted by atomic mass is 79.9. The van der Waals surface area contributed by atoms with Gasteiger partial charge in [-0.2, -0.15) is 0 Å². The maximum atomic E-state index is 11.5. The number of nitrogens with one attached hydrogen (secondary N) is 1. The Balaban J connectivity index is 2.19. The first-order chi connectivity index (χ1) is 8.58. The topological polar surface area (TPSA) is 66.4 Å². The Bertz CT molecular complexity index is 420. The summed E-state index contributed by atoms with van der Waals surface area (Å²) in [6.45, 7) is 0.497. The van der Waals surface area contributed by atoms with Gasteiger partial charge in [0.05, 0.1) is 0 Å². The summed E-state index contributed by atoms with van der Waals surface area (Å²) in [5.74, 6) is -0.857. The standard InChI is InChI=1S/C13H16BrNO3/c14-11-5-3-4-10(8-11)9-15-12(16)6-1-2-7-13(17)18/h3-5,8H,1-2,6-7,9H2,(H,15,16)(H,17,18). The van der Waals surface area contributed by atoms with Crippen LogP contribution in [0.2, 0.25) is 0 Å². The average Bonchev–Trinajstić information content (AvgIpc) is 2.32. The lowest BCUT2D eigenvalue weighted by Crippen LogP contribution is -2.22. The fourth-order valence-corrected chi connectivity index (χ4v) is 1.94. The molecule has 0 aliphatic rings. The van der Waals surface area contributed by atoms with Crippen LogP contribution in [-0.2, 0) is 16.1 Å². The Kier molecular flexibility index (Phi) is 6.43. The number of unbranched alkanes of at least 4 members (excludes halogenated alkanes) is 1. The van der Waals surface area contributed by atoms with Crippen molar-refractivity contribution in [1.82, 2.24) is 5.32 Å². The average molecular weight is 314 g/mol. The van der Waals surface area contributed by atoms with E-state index in [-0.39, 0.29) is 12.3 Å². The van der Waals surface area contributed by atoms with Crippen LogP contribution < -0.4 is 5.32 Å². The number of benzene rings is 1. The highest BCUT2D eigenvalue weighted by Crippen LogP contribution is 2.11. The zero-order chi connectivity index (χ0) is 13.4. The van der Waals surface area contributed by atoms with E-state index >= 15 is 0 Å². The smallest absolute Gasteiger partial charge is 0.303 e. The number of amides is 1. The predicted octanol–water partition coefficient (Wildman–Crippen LogP) is 2.71. The predicted molar refractivity (Wildman–Crippen MR) is 72.1 cm³/mol. The number of aliphatic carboxylic acids is 1. The van der Waals surface area contributed by atoms with Gasteiger partial charge in [0.1, 0.15) is 0 Å². The van der Waals surface area contributed by atoms with Gasteiger partial charge in [-0.25, -0.2) is 0 Å². The molecule has 0 aliphatic carbocycles. The molecule has 1 aromatic carbocycles. The van der Waals surface area contributed by atoms with Crippen LogP contribution in [0.4, 0.5) is 0 Å². The second kappa shape index (κ2) is 7.87. The Morgan fingerprint density at radius 3 is 2.61 bits per heavy atom. The Morgan fingerprint density at radius 1 is 1.22 bits per heavy atom. The van der Waals surface area contributed by atoms with Crippen LogP contribution in [0.3, 0.4) is 0 Å². The van der Waals surface area contributed by atoms with Crippen LogP contribution in [0, 0.1) is 0 Å². The molecule has 0 aromatic heterocycles. The highest BCUT2D eigenvalue weighted by Gasteiger charge is 2.03. The van der Waals surface area contributed by atoms with E-state index in [1.807, 2.05) is 24.3 Å². The lowest BCUT2D eigenvalue weighted by Gasteiger charge is -2.05. The number of rotatable bonds is 7. The minimum Gasteiger partial charge on any atom is -0.481 e. The molecular weight excluding hydrogens is 298 g/mol. The summed E-state index contributed by atoms with van der Waals surface area (Å²) in [5, 5.41) is 11.3. The van der Waals surface area contributed by atoms with Crippen molar-refractivity contribution in [2.24, 2.45) is 0 Å². The maximum Gasteiger partial charge on any atom is 0.303 e. The second-order valence-corrected chi connectivity index (χ2v) is 4.92. The summed E-state index contributed by atoms with van der Waals surface area (Å²) in [6.07, 6.45) is 1.65. The lowest BCUT2D eigenvalue weighted by molar-refractivity contribution is -0.137. The van der Waals surface area contributed by atoms with Gasteiger partial charge in [-0.15, -0.1) is 0 Å². The molecule has 0 saturated heterocycles. The zero-order valence-corrected chi connectivity index (χ0v) is 11.6. The van der Waals surface area contributed by atoms with Crippen molar-refractivity contribution in [2.75, 3.05) is 0 Å². The van der Waals surface area contributed by atoms with Gasteiger partial charge in [0.25, 0.3) is 0 Å². The monoisotopic (exact) mass is 313 g/mol. The molecule has 0 aliphatic heterocycles. The first-order valence-electron chi connectivity index (χ1n) is 5.81. The van der Waals surface area contributed by atoms with Gasteiger partial charge in [-0.05, 0) is 30.5 Å². The number of hydrogen-bond donors (Lipinski definition) is 2. The Morgan fingerprint density at radius 2 is 1.94 bits per heavy atom. The molecule has 0 saturated carbocycles. The number of carboxylic acids is 1. The molecule has 0 radical (unpaired) electrons. The minimum absolute atomic E-state index is 0.0413. The fourth-order valence-electron chi connectivity index (χ4n) is 1.50. The summed E-state index contributed by atoms with van der Waals surface area (Å²) in [7, 11) is 0. The molecule has 0 spiro atoms. The first-order valence-corrected chi connectivity index (χ1v) is 6.60. The SMILES string of the molecule is O=C(O)CCCCC(=O)NCc1cccc(Br)c1. The van der Waals surface area contributed by atoms with E-state index in [2.05, 4.69) is 21.2 Å². The summed E-state index contributed by atoms with van der Waals surface area (Å²) < 4.78 is 0.982. The van der Waals surface area contributed by atoms with Crippen LogP contribution in [0.25, 0.3) is 0 Å². The van der Waals surface area contributed by atoms with Crippen LogP contribution >= 0.6 is 15.9 Å². The maximum absolute atomic E-state index is 11.5. The summed E-state index contributed by atoms with van der Waals surface area (Å²) in [4.78, 5) is 21.8. The van der Waals surface area contributed by atoms with Gasteiger partial charge < -0.3 is 10.4 Å². The van der Waals surface area contributed by atoms with Crippen molar-refractivity contribution >= 4 is 27.8 Å². The zero-order valence-electron chi connectivity index (χ0n) is 9.99. The number of halogens is 1. The molecule has 0 fully saturated rings. The molecule has 18 heavy (non-hydrogen) atoms. The van der Waals surface area contributed by atoms with Crippen LogP contribution in [0.1, 0.15) is 31.2 Å². The minimum atomic E-state index is -0.815. The van der Waals surface area contributed by atoms with Crippen molar-refractivity contribution in [3.8, 4) is 0 Å². The largest absolute Gasteiger partial charge is 0.481 e. The number of carbonyl (C=O) groups excluding carboxylic acids is 1. The van der Waals surface area contributed by atoms with Crippen LogP contribution in [0.15, 0.2) is 28.7 Å². The van der Waals surface area contributed by atoms with E-state index in [0.717, 1.165) is 10.0 Å². The number of hydrogen-bond acceptors (Lipinski definition) is 2. The molecule has 98 valence electrons. The molecule has 0 heterocycles. The van der Waals surface area contributed by atoms with E-state index in [4.69, 9.17) is 5.11 Å². The molecule has 0 bridgehead atoms. The number of carbonyl (C=O) groups is 2. The van der Waals surface area contributed by atoms with Gasteiger partial charge in [0.15, 0.2) is 0 Å². The molecule has 5 heteroatoms. The van der Waals surface area contributed by atoms with E-state index < -0.39 is 5.97 Å². The molecule has 0 atom stereocenters. The normalized spacial score (nSPS) is 10.1. The Hall–Kier alpha value is -1.36. The third-order valence-electron chi connectivity index (χ3n) is 2.42. The quantitative estimate of drug-likeness (QED) is 0.761. The van der Waals surface area contributed by atoms with Crippen molar-refractivity contribution in [3.63, 3.8) is 0 Å². The van der Waals surface area contributed by atoms with Crippen LogP contribution in [0.5, 0.6) is 0 Å². The molecule has 1 aromatic rings. The van der Waals surface area contributed by atoms with Gasteiger partial charge in [-0.1, -0.05) is 28.1 Å². The second-order valence-electron chi connectivity index (χ2n) is 4.01. The van der Waals surface area contributed by atoms with Crippen molar-refractivity contribution in [1.29, 1.82) is 0 Å². The third kappa shape index (κ3) is 6.39. The fraction of sp³-hybridized carbons (Fsp3) is 0.385. The third-order valence-corrected chi connectivity index (χ3v) is 2.92. The Labute approximate surface area is 115 Å². The highest BCUT2D eigenvalue weighted by molar-refractivity contribution is 9.10. The molecule has 1 amide bonds. The van der Waals surface area contributed by atoms with Gasteiger partial charge in [-0.3, -0.25) is 9.59 Å². The van der Waals surface area contributed by atoms with E-state index in [0.29, 0.717) is 25.8 Å². The van der Waals surface area contributed by atoms with Crippen molar-refractivity contribution < 1.29 is 14.7 Å². The van der Waals surface area contributed by atoms with Gasteiger partial charge in [0, 0.05) is 23.9 Å². The summed E-state index contributed by atoms with van der Waals surface area (Å²) >= 11 is 3.37. The molecular formula is C13H16BrNO3. The van der Waals surface area contributed by atoms with E-state index in [9.17, 15) is 9.59 Å². The summed E-state index contributed by atoms with van der Waals surface area (Å²) in [6, 6.07) is 7.73.